The Labute approximate surface area is 128 Å². The van der Waals surface area contributed by atoms with Gasteiger partial charge < -0.3 is 5.11 Å². The van der Waals surface area contributed by atoms with Crippen LogP contribution in [0.1, 0.15) is 49.9 Å². The predicted octanol–water partition coefficient (Wildman–Crippen LogP) is 4.70. The van der Waals surface area contributed by atoms with Crippen molar-refractivity contribution in [3.05, 3.63) is 70.8 Å². The van der Waals surface area contributed by atoms with E-state index in [-0.39, 0.29) is 0 Å². The van der Waals surface area contributed by atoms with E-state index in [1.54, 1.807) is 0 Å². The van der Waals surface area contributed by atoms with E-state index >= 15 is 0 Å². The minimum absolute atomic E-state index is 0.619. The van der Waals surface area contributed by atoms with E-state index in [9.17, 15) is 5.11 Å². The second kappa shape index (κ2) is 6.44. The van der Waals surface area contributed by atoms with Gasteiger partial charge in [-0.05, 0) is 47.9 Å². The molecule has 0 bridgehead atoms. The molecule has 2 aromatic rings. The van der Waals surface area contributed by atoms with Gasteiger partial charge in [-0.3, -0.25) is 0 Å². The van der Waals surface area contributed by atoms with Gasteiger partial charge in [-0.2, -0.15) is 0 Å². The van der Waals surface area contributed by atoms with E-state index in [1.807, 2.05) is 31.2 Å². The smallest absolute Gasteiger partial charge is 0.112 e. The summed E-state index contributed by atoms with van der Waals surface area (Å²) in [6.45, 7) is 8.45. The molecule has 112 valence electrons. The highest BCUT2D eigenvalue weighted by Gasteiger charge is 2.25. The minimum Gasteiger partial charge on any atom is -0.381 e. The van der Waals surface area contributed by atoms with Crippen molar-refractivity contribution in [2.75, 3.05) is 0 Å². The summed E-state index contributed by atoms with van der Waals surface area (Å²) in [5, 5.41) is 11.0. The van der Waals surface area contributed by atoms with E-state index in [1.165, 1.54) is 11.1 Å². The van der Waals surface area contributed by atoms with Gasteiger partial charge in [-0.15, -0.1) is 0 Å². The monoisotopic (exact) mass is 282 g/mol. The van der Waals surface area contributed by atoms with Gasteiger partial charge in [0.25, 0.3) is 0 Å². The molecule has 1 N–H and O–H groups in total. The SMILES string of the molecule is CCc1ccc(C(C)(O)c2cccc(CC(C)C)c2)cc1. The molecular weight excluding hydrogens is 256 g/mol. The zero-order valence-corrected chi connectivity index (χ0v) is 13.6. The van der Waals surface area contributed by atoms with Crippen LogP contribution >= 0.6 is 0 Å². The van der Waals surface area contributed by atoms with Crippen molar-refractivity contribution < 1.29 is 5.11 Å². The van der Waals surface area contributed by atoms with Crippen LogP contribution in [0.25, 0.3) is 0 Å². The summed E-state index contributed by atoms with van der Waals surface area (Å²) in [6.07, 6.45) is 2.06. The molecule has 0 fully saturated rings. The lowest BCUT2D eigenvalue weighted by Crippen LogP contribution is -2.23. The third-order valence-electron chi connectivity index (χ3n) is 4.06. The zero-order valence-electron chi connectivity index (χ0n) is 13.6. The molecule has 1 unspecified atom stereocenters. The lowest BCUT2D eigenvalue weighted by atomic mass is 9.86. The molecule has 0 amide bonds. The van der Waals surface area contributed by atoms with Gasteiger partial charge in [0.15, 0.2) is 0 Å². The standard InChI is InChI=1S/C20H26O/c1-5-16-9-11-18(12-10-16)20(4,21)19-8-6-7-17(14-19)13-15(2)3/h6-12,14-15,21H,5,13H2,1-4H3. The highest BCUT2D eigenvalue weighted by atomic mass is 16.3. The first-order chi connectivity index (χ1) is 9.93. The molecule has 21 heavy (non-hydrogen) atoms. The molecule has 2 aromatic carbocycles. The number of aryl methyl sites for hydroxylation is 1. The first-order valence-electron chi connectivity index (χ1n) is 7.84. The van der Waals surface area contributed by atoms with Gasteiger partial charge in [-0.1, -0.05) is 69.3 Å². The zero-order chi connectivity index (χ0) is 15.5. The van der Waals surface area contributed by atoms with E-state index in [0.717, 1.165) is 24.0 Å². The Kier molecular flexibility index (Phi) is 4.84. The first kappa shape index (κ1) is 15.8. The summed E-state index contributed by atoms with van der Waals surface area (Å²) in [4.78, 5) is 0. The van der Waals surface area contributed by atoms with Crippen molar-refractivity contribution in [2.45, 2.75) is 46.1 Å². The molecule has 0 saturated carbocycles. The molecule has 1 heteroatoms. The fourth-order valence-corrected chi connectivity index (χ4v) is 2.70. The van der Waals surface area contributed by atoms with Crippen LogP contribution in [0.2, 0.25) is 0 Å². The Morgan fingerprint density at radius 3 is 2.19 bits per heavy atom. The maximum Gasteiger partial charge on any atom is 0.112 e. The minimum atomic E-state index is -0.945. The number of hydrogen-bond donors (Lipinski definition) is 1. The summed E-state index contributed by atoms with van der Waals surface area (Å²) < 4.78 is 0. The molecule has 0 aliphatic heterocycles. The fourth-order valence-electron chi connectivity index (χ4n) is 2.70. The summed E-state index contributed by atoms with van der Waals surface area (Å²) in [6, 6.07) is 16.6. The maximum absolute atomic E-state index is 11.0. The van der Waals surface area contributed by atoms with Crippen LogP contribution in [0.5, 0.6) is 0 Å². The fraction of sp³-hybridized carbons (Fsp3) is 0.400. The Hall–Kier alpha value is -1.60. The van der Waals surface area contributed by atoms with Crippen LogP contribution in [0.4, 0.5) is 0 Å². The Bertz CT molecular complexity index is 579. The van der Waals surface area contributed by atoms with Crippen molar-refractivity contribution in [1.82, 2.24) is 0 Å². The molecule has 0 saturated heterocycles. The summed E-state index contributed by atoms with van der Waals surface area (Å²) in [7, 11) is 0. The topological polar surface area (TPSA) is 20.2 Å². The van der Waals surface area contributed by atoms with Gasteiger partial charge >= 0.3 is 0 Å². The molecule has 2 rings (SSSR count). The largest absolute Gasteiger partial charge is 0.381 e. The second-order valence-electron chi connectivity index (χ2n) is 6.42. The van der Waals surface area contributed by atoms with Gasteiger partial charge in [0.05, 0.1) is 0 Å². The van der Waals surface area contributed by atoms with Gasteiger partial charge in [-0.25, -0.2) is 0 Å². The average molecular weight is 282 g/mol. The van der Waals surface area contributed by atoms with Gasteiger partial charge in [0, 0.05) is 0 Å². The van der Waals surface area contributed by atoms with Crippen molar-refractivity contribution in [3.63, 3.8) is 0 Å². The molecule has 0 aromatic heterocycles. The second-order valence-corrected chi connectivity index (χ2v) is 6.42. The number of aliphatic hydroxyl groups is 1. The van der Waals surface area contributed by atoms with E-state index in [0.29, 0.717) is 5.92 Å². The van der Waals surface area contributed by atoms with Crippen LogP contribution in [-0.2, 0) is 18.4 Å². The highest BCUT2D eigenvalue weighted by Crippen LogP contribution is 2.30. The van der Waals surface area contributed by atoms with Crippen LogP contribution in [0, 0.1) is 5.92 Å². The van der Waals surface area contributed by atoms with Gasteiger partial charge in [0.2, 0.25) is 0 Å². The van der Waals surface area contributed by atoms with Crippen molar-refractivity contribution in [2.24, 2.45) is 5.92 Å². The van der Waals surface area contributed by atoms with E-state index in [4.69, 9.17) is 0 Å². The predicted molar refractivity (Wildman–Crippen MR) is 89.5 cm³/mol. The van der Waals surface area contributed by atoms with Crippen LogP contribution in [0.15, 0.2) is 48.5 Å². The Balaban J connectivity index is 2.33. The summed E-state index contributed by atoms with van der Waals surface area (Å²) in [5.41, 5.74) is 3.54. The van der Waals surface area contributed by atoms with Crippen molar-refractivity contribution in [3.8, 4) is 0 Å². The highest BCUT2D eigenvalue weighted by molar-refractivity contribution is 5.38. The molecule has 1 nitrogen and oxygen atoms in total. The number of benzene rings is 2. The lowest BCUT2D eigenvalue weighted by molar-refractivity contribution is 0.102. The van der Waals surface area contributed by atoms with E-state index < -0.39 is 5.60 Å². The molecule has 0 spiro atoms. The Morgan fingerprint density at radius 2 is 1.62 bits per heavy atom. The van der Waals surface area contributed by atoms with Crippen LogP contribution in [-0.4, -0.2) is 5.11 Å². The molecule has 1 atom stereocenters. The third kappa shape index (κ3) is 3.74. The number of rotatable bonds is 5. The summed E-state index contributed by atoms with van der Waals surface area (Å²) >= 11 is 0. The van der Waals surface area contributed by atoms with Crippen molar-refractivity contribution in [1.29, 1.82) is 0 Å². The molecular formula is C20H26O. The number of hydrogen-bond acceptors (Lipinski definition) is 1. The van der Waals surface area contributed by atoms with Gasteiger partial charge in [0.1, 0.15) is 5.60 Å². The average Bonchev–Trinajstić information content (AvgIpc) is 2.47. The van der Waals surface area contributed by atoms with Crippen LogP contribution < -0.4 is 0 Å². The van der Waals surface area contributed by atoms with E-state index in [2.05, 4.69) is 45.0 Å². The lowest BCUT2D eigenvalue weighted by Gasteiger charge is -2.25. The van der Waals surface area contributed by atoms with Crippen LogP contribution in [0.3, 0.4) is 0 Å². The first-order valence-corrected chi connectivity index (χ1v) is 7.84. The normalized spacial score (nSPS) is 14.2. The molecule has 0 radical (unpaired) electrons. The maximum atomic E-state index is 11.0. The molecule has 0 heterocycles. The summed E-state index contributed by atoms with van der Waals surface area (Å²) in [5.74, 6) is 0.619. The Morgan fingerprint density at radius 1 is 0.952 bits per heavy atom. The molecule has 0 aliphatic rings. The quantitative estimate of drug-likeness (QED) is 0.842. The molecule has 0 aliphatic carbocycles. The van der Waals surface area contributed by atoms with Crippen molar-refractivity contribution >= 4 is 0 Å². The third-order valence-corrected chi connectivity index (χ3v) is 4.06.